The van der Waals surface area contributed by atoms with Crippen LogP contribution in [-0.2, 0) is 9.59 Å². The van der Waals surface area contributed by atoms with Gasteiger partial charge >= 0.3 is 0 Å². The number of aryl methyl sites for hydroxylation is 1. The Morgan fingerprint density at radius 1 is 1.03 bits per heavy atom. The van der Waals surface area contributed by atoms with E-state index in [1.54, 1.807) is 60.6 Å². The SMILES string of the molecule is COc1cccc(NC(=O)COc2ccc(/C=C3\SC(=S)N(c4ccccc4C)C3=O)cc2OC)c1. The predicted octanol–water partition coefficient (Wildman–Crippen LogP) is 5.44. The van der Waals surface area contributed by atoms with Crippen LogP contribution in [0.15, 0.2) is 71.6 Å². The fraction of sp³-hybridized carbons (Fsp3) is 0.148. The zero-order chi connectivity index (χ0) is 25.7. The molecule has 3 aromatic carbocycles. The maximum Gasteiger partial charge on any atom is 0.270 e. The highest BCUT2D eigenvalue weighted by atomic mass is 32.2. The first kappa shape index (κ1) is 25.3. The molecule has 1 heterocycles. The molecule has 1 N–H and O–H groups in total. The summed E-state index contributed by atoms with van der Waals surface area (Å²) in [5, 5.41) is 2.76. The number of nitrogens with one attached hydrogen (secondary N) is 1. The number of nitrogens with zero attached hydrogens (tertiary/aromatic N) is 1. The lowest BCUT2D eigenvalue weighted by Crippen LogP contribution is -2.28. The molecule has 0 spiro atoms. The Kier molecular flexibility index (Phi) is 7.92. The van der Waals surface area contributed by atoms with Gasteiger partial charge in [0.25, 0.3) is 11.8 Å². The van der Waals surface area contributed by atoms with Crippen molar-refractivity contribution in [2.24, 2.45) is 0 Å². The molecule has 9 heteroatoms. The minimum Gasteiger partial charge on any atom is -0.497 e. The molecule has 1 fully saturated rings. The molecule has 36 heavy (non-hydrogen) atoms. The molecule has 4 rings (SSSR count). The Morgan fingerprint density at radius 2 is 1.83 bits per heavy atom. The number of thioether (sulfide) groups is 1. The van der Waals surface area contributed by atoms with E-state index in [1.807, 2.05) is 31.2 Å². The van der Waals surface area contributed by atoms with Crippen LogP contribution in [0.3, 0.4) is 0 Å². The first-order valence-electron chi connectivity index (χ1n) is 11.0. The van der Waals surface area contributed by atoms with Crippen LogP contribution in [0.1, 0.15) is 11.1 Å². The lowest BCUT2D eigenvalue weighted by molar-refractivity contribution is -0.118. The molecule has 3 aromatic rings. The number of carbonyl (C=O) groups is 2. The van der Waals surface area contributed by atoms with Crippen LogP contribution in [0.2, 0.25) is 0 Å². The summed E-state index contributed by atoms with van der Waals surface area (Å²) in [4.78, 5) is 27.5. The molecule has 0 aromatic heterocycles. The second-order valence-corrected chi connectivity index (χ2v) is 9.46. The smallest absolute Gasteiger partial charge is 0.270 e. The monoisotopic (exact) mass is 520 g/mol. The Labute approximate surface area is 219 Å². The third-order valence-corrected chi connectivity index (χ3v) is 6.65. The highest BCUT2D eigenvalue weighted by molar-refractivity contribution is 8.27. The minimum atomic E-state index is -0.325. The number of amides is 2. The zero-order valence-electron chi connectivity index (χ0n) is 19.9. The van der Waals surface area contributed by atoms with Gasteiger partial charge in [0, 0.05) is 11.8 Å². The lowest BCUT2D eigenvalue weighted by Gasteiger charge is -2.16. The summed E-state index contributed by atoms with van der Waals surface area (Å²) in [5.74, 6) is 0.985. The molecule has 1 saturated heterocycles. The van der Waals surface area contributed by atoms with Crippen LogP contribution >= 0.6 is 24.0 Å². The van der Waals surface area contributed by atoms with Crippen LogP contribution in [0.25, 0.3) is 6.08 Å². The van der Waals surface area contributed by atoms with Gasteiger partial charge in [0.15, 0.2) is 22.4 Å². The van der Waals surface area contributed by atoms with Crippen molar-refractivity contribution in [1.29, 1.82) is 0 Å². The maximum atomic E-state index is 13.1. The average Bonchev–Trinajstić information content (AvgIpc) is 3.15. The van der Waals surface area contributed by atoms with E-state index in [0.717, 1.165) is 16.8 Å². The van der Waals surface area contributed by atoms with E-state index in [-0.39, 0.29) is 18.4 Å². The van der Waals surface area contributed by atoms with E-state index in [2.05, 4.69) is 5.32 Å². The van der Waals surface area contributed by atoms with E-state index in [4.69, 9.17) is 26.4 Å². The van der Waals surface area contributed by atoms with E-state index >= 15 is 0 Å². The molecule has 2 amide bonds. The van der Waals surface area contributed by atoms with Gasteiger partial charge in [0.1, 0.15) is 5.75 Å². The number of thiocarbonyl (C=S) groups is 1. The summed E-state index contributed by atoms with van der Waals surface area (Å²) in [6.45, 7) is 1.74. The normalized spacial score (nSPS) is 14.2. The van der Waals surface area contributed by atoms with Crippen molar-refractivity contribution < 1.29 is 23.8 Å². The standard InChI is InChI=1S/C27H24N2O5S2/c1-17-7-4-5-10-21(17)29-26(31)24(36-27(29)35)14-18-11-12-22(23(13-18)33-3)34-16-25(30)28-19-8-6-9-20(15-19)32-2/h4-15H,16H2,1-3H3,(H,28,30)/b24-14-. The Morgan fingerprint density at radius 3 is 2.58 bits per heavy atom. The van der Waals surface area contributed by atoms with Crippen LogP contribution in [0.5, 0.6) is 17.2 Å². The van der Waals surface area contributed by atoms with Crippen LogP contribution in [-0.4, -0.2) is 37.0 Å². The van der Waals surface area contributed by atoms with Gasteiger partial charge in [0.05, 0.1) is 24.8 Å². The summed E-state index contributed by atoms with van der Waals surface area (Å²) in [6, 6.07) is 19.9. The molecule has 0 unspecified atom stereocenters. The number of hydrogen-bond donors (Lipinski definition) is 1. The number of para-hydroxylation sites is 1. The topological polar surface area (TPSA) is 77.1 Å². The fourth-order valence-electron chi connectivity index (χ4n) is 3.58. The molecule has 0 atom stereocenters. The van der Waals surface area contributed by atoms with Crippen molar-refractivity contribution in [3.8, 4) is 17.2 Å². The summed E-state index contributed by atoms with van der Waals surface area (Å²) in [6.07, 6.45) is 1.76. The first-order chi connectivity index (χ1) is 17.4. The molecular weight excluding hydrogens is 496 g/mol. The fourth-order valence-corrected chi connectivity index (χ4v) is 4.86. The predicted molar refractivity (Wildman–Crippen MR) is 147 cm³/mol. The van der Waals surface area contributed by atoms with Gasteiger partial charge in [-0.05, 0) is 54.5 Å². The quantitative estimate of drug-likeness (QED) is 0.313. The van der Waals surface area contributed by atoms with Gasteiger partial charge < -0.3 is 19.5 Å². The molecule has 0 aliphatic carbocycles. The van der Waals surface area contributed by atoms with Gasteiger partial charge in [-0.1, -0.05) is 54.3 Å². The van der Waals surface area contributed by atoms with Crippen molar-refractivity contribution in [3.63, 3.8) is 0 Å². The van der Waals surface area contributed by atoms with Gasteiger partial charge in [-0.15, -0.1) is 0 Å². The lowest BCUT2D eigenvalue weighted by atomic mass is 10.1. The molecule has 7 nitrogen and oxygen atoms in total. The van der Waals surface area contributed by atoms with E-state index in [1.165, 1.54) is 18.9 Å². The summed E-state index contributed by atoms with van der Waals surface area (Å²) >= 11 is 6.73. The second-order valence-electron chi connectivity index (χ2n) is 7.78. The number of hydrogen-bond acceptors (Lipinski definition) is 7. The van der Waals surface area contributed by atoms with Crippen LogP contribution in [0, 0.1) is 6.92 Å². The van der Waals surface area contributed by atoms with Crippen LogP contribution in [0.4, 0.5) is 11.4 Å². The third-order valence-electron chi connectivity index (χ3n) is 5.35. The van der Waals surface area contributed by atoms with Gasteiger partial charge in [-0.2, -0.15) is 0 Å². The third kappa shape index (κ3) is 5.69. The summed E-state index contributed by atoms with van der Waals surface area (Å²) in [7, 11) is 3.08. The van der Waals surface area contributed by atoms with Gasteiger partial charge in [-0.25, -0.2) is 0 Å². The summed E-state index contributed by atoms with van der Waals surface area (Å²) < 4.78 is 16.8. The van der Waals surface area contributed by atoms with E-state index in [9.17, 15) is 9.59 Å². The first-order valence-corrected chi connectivity index (χ1v) is 12.2. The Hall–Kier alpha value is -3.82. The highest BCUT2D eigenvalue weighted by Crippen LogP contribution is 2.38. The van der Waals surface area contributed by atoms with Crippen molar-refractivity contribution in [2.75, 3.05) is 31.0 Å². The number of rotatable bonds is 8. The van der Waals surface area contributed by atoms with Crippen molar-refractivity contribution >= 4 is 57.6 Å². The minimum absolute atomic E-state index is 0.173. The molecule has 184 valence electrons. The molecular formula is C27H24N2O5S2. The molecule has 0 radical (unpaired) electrons. The van der Waals surface area contributed by atoms with Gasteiger partial charge in [-0.3, -0.25) is 14.5 Å². The number of benzene rings is 3. The molecule has 0 bridgehead atoms. The maximum absolute atomic E-state index is 13.1. The van der Waals surface area contributed by atoms with E-state index in [0.29, 0.717) is 32.2 Å². The second kappa shape index (κ2) is 11.3. The highest BCUT2D eigenvalue weighted by Gasteiger charge is 2.34. The van der Waals surface area contributed by atoms with E-state index < -0.39 is 0 Å². The Bertz CT molecular complexity index is 1360. The molecule has 1 aliphatic rings. The zero-order valence-corrected chi connectivity index (χ0v) is 21.6. The number of carbonyl (C=O) groups excluding carboxylic acids is 2. The van der Waals surface area contributed by atoms with Crippen molar-refractivity contribution in [1.82, 2.24) is 0 Å². The molecule has 0 saturated carbocycles. The van der Waals surface area contributed by atoms with Crippen LogP contribution < -0.4 is 24.4 Å². The van der Waals surface area contributed by atoms with Crippen molar-refractivity contribution in [3.05, 3.63) is 82.8 Å². The molecule has 1 aliphatic heterocycles. The van der Waals surface area contributed by atoms with Gasteiger partial charge in [0.2, 0.25) is 0 Å². The largest absolute Gasteiger partial charge is 0.497 e. The summed E-state index contributed by atoms with van der Waals surface area (Å²) in [5.41, 5.74) is 3.09. The number of methoxy groups -OCH3 is 2. The number of anilines is 2. The van der Waals surface area contributed by atoms with Crippen molar-refractivity contribution in [2.45, 2.75) is 6.92 Å². The average molecular weight is 521 g/mol. The number of ether oxygens (including phenoxy) is 3. The Balaban J connectivity index is 1.45.